The van der Waals surface area contributed by atoms with Crippen molar-refractivity contribution in [3.63, 3.8) is 0 Å². The highest BCUT2D eigenvalue weighted by molar-refractivity contribution is 7.89. The summed E-state index contributed by atoms with van der Waals surface area (Å²) in [4.78, 5) is 3.79. The van der Waals surface area contributed by atoms with Crippen molar-refractivity contribution in [2.75, 3.05) is 0 Å². The maximum Gasteiger partial charge on any atom is 0.243 e. The number of sulfonamides is 1. The van der Waals surface area contributed by atoms with Gasteiger partial charge in [0.1, 0.15) is 10.7 Å². The Balaban J connectivity index is 1.79. The Labute approximate surface area is 149 Å². The van der Waals surface area contributed by atoms with E-state index < -0.39 is 20.7 Å². The molecule has 0 spiro atoms. The van der Waals surface area contributed by atoms with E-state index in [9.17, 15) is 12.8 Å². The van der Waals surface area contributed by atoms with Crippen LogP contribution in [0, 0.1) is 12.7 Å². The third-order valence-corrected chi connectivity index (χ3v) is 5.17. The highest BCUT2D eigenvalue weighted by Crippen LogP contribution is 2.26. The fourth-order valence-electron chi connectivity index (χ4n) is 2.29. The quantitative estimate of drug-likeness (QED) is 0.728. The van der Waals surface area contributed by atoms with Gasteiger partial charge in [0, 0.05) is 10.6 Å². The standard InChI is InChI=1S/C17H14ClFN2O3S/c1-11-17(12-6-8-13(18)9-7-12)24-16(21-11)10-20-25(22,23)15-5-3-2-4-14(15)19/h2-9,20H,10H2,1H3. The summed E-state index contributed by atoms with van der Waals surface area (Å²) in [6.45, 7) is 1.56. The lowest BCUT2D eigenvalue weighted by atomic mass is 10.1. The summed E-state index contributed by atoms with van der Waals surface area (Å²) in [5.41, 5.74) is 1.39. The number of hydrogen-bond donors (Lipinski definition) is 1. The highest BCUT2D eigenvalue weighted by Gasteiger charge is 2.20. The second-order valence-electron chi connectivity index (χ2n) is 5.28. The van der Waals surface area contributed by atoms with Gasteiger partial charge in [0.05, 0.1) is 12.2 Å². The molecule has 0 unspecified atom stereocenters. The Bertz CT molecular complexity index is 1000. The van der Waals surface area contributed by atoms with Gasteiger partial charge in [-0.25, -0.2) is 22.5 Å². The summed E-state index contributed by atoms with van der Waals surface area (Å²) in [6, 6.07) is 12.2. The molecule has 25 heavy (non-hydrogen) atoms. The average molecular weight is 381 g/mol. The van der Waals surface area contributed by atoms with Crippen LogP contribution in [0.1, 0.15) is 11.6 Å². The van der Waals surface area contributed by atoms with Crippen molar-refractivity contribution in [1.29, 1.82) is 0 Å². The number of rotatable bonds is 5. The molecule has 0 saturated heterocycles. The van der Waals surface area contributed by atoms with Gasteiger partial charge in [-0.1, -0.05) is 23.7 Å². The molecule has 1 N–H and O–H groups in total. The minimum atomic E-state index is -4.01. The summed E-state index contributed by atoms with van der Waals surface area (Å²) < 4.78 is 46.0. The second kappa shape index (κ2) is 6.95. The molecule has 0 atom stereocenters. The van der Waals surface area contributed by atoms with E-state index in [0.717, 1.165) is 11.6 Å². The number of benzene rings is 2. The minimum absolute atomic E-state index is 0.183. The van der Waals surface area contributed by atoms with E-state index in [1.165, 1.54) is 18.2 Å². The summed E-state index contributed by atoms with van der Waals surface area (Å²) >= 11 is 5.86. The Kier molecular flexibility index (Phi) is 4.89. The molecule has 0 aliphatic carbocycles. The normalized spacial score (nSPS) is 11.6. The maximum atomic E-state index is 13.7. The molecule has 0 amide bonds. The van der Waals surface area contributed by atoms with Crippen molar-refractivity contribution in [3.8, 4) is 11.3 Å². The molecule has 1 heterocycles. The van der Waals surface area contributed by atoms with Crippen LogP contribution < -0.4 is 4.72 Å². The zero-order valence-electron chi connectivity index (χ0n) is 13.2. The van der Waals surface area contributed by atoms with Gasteiger partial charge in [-0.05, 0) is 43.3 Å². The van der Waals surface area contributed by atoms with E-state index in [-0.39, 0.29) is 12.4 Å². The van der Waals surface area contributed by atoms with Crippen LogP contribution in [0.15, 0.2) is 57.8 Å². The molecule has 0 radical (unpaired) electrons. The summed E-state index contributed by atoms with van der Waals surface area (Å²) in [6.07, 6.45) is 0. The van der Waals surface area contributed by atoms with E-state index in [0.29, 0.717) is 16.5 Å². The molecule has 0 aliphatic heterocycles. The lowest BCUT2D eigenvalue weighted by molar-refractivity contribution is 0.493. The molecule has 0 saturated carbocycles. The molecule has 3 rings (SSSR count). The van der Waals surface area contributed by atoms with Crippen molar-refractivity contribution in [2.45, 2.75) is 18.4 Å². The lowest BCUT2D eigenvalue weighted by Crippen LogP contribution is -2.24. The molecule has 0 bridgehead atoms. The van der Waals surface area contributed by atoms with Gasteiger partial charge in [-0.2, -0.15) is 0 Å². The molecule has 2 aromatic carbocycles. The molecule has 5 nitrogen and oxygen atoms in total. The van der Waals surface area contributed by atoms with Crippen molar-refractivity contribution in [3.05, 3.63) is 71.0 Å². The molecular weight excluding hydrogens is 367 g/mol. The Morgan fingerprint density at radius 3 is 2.52 bits per heavy atom. The van der Waals surface area contributed by atoms with Gasteiger partial charge in [0.15, 0.2) is 5.76 Å². The van der Waals surface area contributed by atoms with Crippen LogP contribution in [0.25, 0.3) is 11.3 Å². The maximum absolute atomic E-state index is 13.7. The van der Waals surface area contributed by atoms with E-state index >= 15 is 0 Å². The van der Waals surface area contributed by atoms with Crippen molar-refractivity contribution >= 4 is 21.6 Å². The fourth-order valence-corrected chi connectivity index (χ4v) is 3.47. The molecule has 8 heteroatoms. The molecule has 0 aliphatic rings. The first-order valence-corrected chi connectivity index (χ1v) is 9.19. The van der Waals surface area contributed by atoms with E-state index in [1.807, 2.05) is 0 Å². The Hall–Kier alpha value is -2.22. The molecular formula is C17H14ClFN2O3S. The van der Waals surface area contributed by atoms with E-state index in [1.54, 1.807) is 31.2 Å². The number of nitrogens with one attached hydrogen (secondary N) is 1. The van der Waals surface area contributed by atoms with Crippen LogP contribution in [0.3, 0.4) is 0 Å². The largest absolute Gasteiger partial charge is 0.439 e. The van der Waals surface area contributed by atoms with Crippen LogP contribution in [0.5, 0.6) is 0 Å². The van der Waals surface area contributed by atoms with Gasteiger partial charge < -0.3 is 4.42 Å². The van der Waals surface area contributed by atoms with Gasteiger partial charge in [0.25, 0.3) is 0 Å². The SMILES string of the molecule is Cc1nc(CNS(=O)(=O)c2ccccc2F)oc1-c1ccc(Cl)cc1. The molecule has 0 fully saturated rings. The van der Waals surface area contributed by atoms with Crippen molar-refractivity contribution < 1.29 is 17.2 Å². The number of aryl methyl sites for hydroxylation is 1. The zero-order valence-corrected chi connectivity index (χ0v) is 14.7. The Morgan fingerprint density at radius 2 is 1.84 bits per heavy atom. The van der Waals surface area contributed by atoms with Crippen LogP contribution in [-0.2, 0) is 16.6 Å². The minimum Gasteiger partial charge on any atom is -0.439 e. The molecule has 3 aromatic rings. The predicted octanol–water partition coefficient (Wildman–Crippen LogP) is 3.92. The van der Waals surface area contributed by atoms with E-state index in [2.05, 4.69) is 9.71 Å². The third kappa shape index (κ3) is 3.89. The molecule has 1 aromatic heterocycles. The number of oxazole rings is 1. The van der Waals surface area contributed by atoms with Gasteiger partial charge in [0.2, 0.25) is 15.9 Å². The van der Waals surface area contributed by atoms with Gasteiger partial charge in [-0.15, -0.1) is 0 Å². The van der Waals surface area contributed by atoms with Crippen LogP contribution in [0.4, 0.5) is 4.39 Å². The van der Waals surface area contributed by atoms with Gasteiger partial charge in [-0.3, -0.25) is 0 Å². The first-order chi connectivity index (χ1) is 11.9. The average Bonchev–Trinajstić information content (AvgIpc) is 2.95. The van der Waals surface area contributed by atoms with Crippen LogP contribution in [0.2, 0.25) is 5.02 Å². The number of aromatic nitrogens is 1. The molecule has 130 valence electrons. The summed E-state index contributed by atoms with van der Waals surface area (Å²) in [7, 11) is -4.01. The van der Waals surface area contributed by atoms with Crippen LogP contribution >= 0.6 is 11.6 Å². The summed E-state index contributed by atoms with van der Waals surface area (Å²) in [5.74, 6) is -0.112. The monoisotopic (exact) mass is 380 g/mol. The number of nitrogens with zero attached hydrogens (tertiary/aromatic N) is 1. The first kappa shape index (κ1) is 17.6. The lowest BCUT2D eigenvalue weighted by Gasteiger charge is -2.05. The third-order valence-electron chi connectivity index (χ3n) is 3.49. The van der Waals surface area contributed by atoms with Crippen molar-refractivity contribution in [2.24, 2.45) is 0 Å². The first-order valence-electron chi connectivity index (χ1n) is 7.33. The topological polar surface area (TPSA) is 72.2 Å². The van der Waals surface area contributed by atoms with Gasteiger partial charge >= 0.3 is 0 Å². The van der Waals surface area contributed by atoms with Crippen molar-refractivity contribution in [1.82, 2.24) is 9.71 Å². The van der Waals surface area contributed by atoms with Crippen LogP contribution in [-0.4, -0.2) is 13.4 Å². The summed E-state index contributed by atoms with van der Waals surface area (Å²) in [5, 5.41) is 0.596. The number of hydrogen-bond acceptors (Lipinski definition) is 4. The van der Waals surface area contributed by atoms with E-state index in [4.69, 9.17) is 16.0 Å². The zero-order chi connectivity index (χ0) is 18.0. The second-order valence-corrected chi connectivity index (χ2v) is 7.46. The number of halogens is 2. The fraction of sp³-hybridized carbons (Fsp3) is 0.118. The Morgan fingerprint density at radius 1 is 1.16 bits per heavy atom. The highest BCUT2D eigenvalue weighted by atomic mass is 35.5. The predicted molar refractivity (Wildman–Crippen MR) is 92.1 cm³/mol. The smallest absolute Gasteiger partial charge is 0.243 e.